The molecule has 4 N–H and O–H groups in total. The van der Waals surface area contributed by atoms with Crippen molar-refractivity contribution in [2.24, 2.45) is 28.6 Å². The third-order valence-corrected chi connectivity index (χ3v) is 3.24. The lowest BCUT2D eigenvalue weighted by Gasteiger charge is -2.21. The smallest absolute Gasteiger partial charge is 0.223 e. The molecule has 16 heavy (non-hydrogen) atoms. The van der Waals surface area contributed by atoms with Gasteiger partial charge < -0.3 is 16.3 Å². The Bertz CT molecular complexity index is 285. The van der Waals surface area contributed by atoms with Crippen LogP contribution in [0.4, 0.5) is 0 Å². The molecule has 1 amide bonds. The highest BCUT2D eigenvalue weighted by Crippen LogP contribution is 2.33. The van der Waals surface area contributed by atoms with Crippen LogP contribution in [0.15, 0.2) is 5.16 Å². The van der Waals surface area contributed by atoms with E-state index in [4.69, 9.17) is 10.9 Å². The van der Waals surface area contributed by atoms with E-state index in [2.05, 4.69) is 10.5 Å². The molecule has 0 bridgehead atoms. The molecule has 2 atom stereocenters. The minimum Gasteiger partial charge on any atom is -0.409 e. The molecular formula is C11H21N3O2. The molecular weight excluding hydrogens is 206 g/mol. The highest BCUT2D eigenvalue weighted by molar-refractivity contribution is 5.91. The van der Waals surface area contributed by atoms with Crippen LogP contribution in [-0.2, 0) is 4.79 Å². The van der Waals surface area contributed by atoms with Gasteiger partial charge >= 0.3 is 0 Å². The Morgan fingerprint density at radius 1 is 1.44 bits per heavy atom. The maximum Gasteiger partial charge on any atom is 0.223 e. The quantitative estimate of drug-likeness (QED) is 0.282. The molecule has 1 fully saturated rings. The molecule has 1 aliphatic rings. The normalized spacial score (nSPS) is 20.6. The molecule has 1 saturated carbocycles. The van der Waals surface area contributed by atoms with Gasteiger partial charge in [-0.2, -0.15) is 0 Å². The molecule has 0 saturated heterocycles. The summed E-state index contributed by atoms with van der Waals surface area (Å²) in [6.07, 6.45) is 2.05. The Labute approximate surface area is 96.1 Å². The van der Waals surface area contributed by atoms with Gasteiger partial charge in [-0.1, -0.05) is 25.9 Å². The van der Waals surface area contributed by atoms with Crippen molar-refractivity contribution in [3.63, 3.8) is 0 Å². The Morgan fingerprint density at radius 2 is 2.00 bits per heavy atom. The second kappa shape index (κ2) is 5.18. The SMILES string of the molecule is CC(C)C(C)C(=O)NC(C(N)=NO)C1CC1. The summed E-state index contributed by atoms with van der Waals surface area (Å²) in [5.74, 6) is 0.629. The van der Waals surface area contributed by atoms with Gasteiger partial charge in [-0.05, 0) is 24.7 Å². The van der Waals surface area contributed by atoms with Crippen molar-refractivity contribution >= 4 is 11.7 Å². The predicted octanol–water partition coefficient (Wildman–Crippen LogP) is 0.920. The lowest BCUT2D eigenvalue weighted by molar-refractivity contribution is -0.126. The first-order chi connectivity index (χ1) is 7.47. The van der Waals surface area contributed by atoms with Crippen molar-refractivity contribution in [2.45, 2.75) is 39.7 Å². The number of hydrogen-bond donors (Lipinski definition) is 3. The molecule has 0 heterocycles. The molecule has 1 aliphatic carbocycles. The third-order valence-electron chi connectivity index (χ3n) is 3.24. The lowest BCUT2D eigenvalue weighted by atomic mass is 9.96. The summed E-state index contributed by atoms with van der Waals surface area (Å²) in [5.41, 5.74) is 5.57. The van der Waals surface area contributed by atoms with E-state index in [1.54, 1.807) is 0 Å². The van der Waals surface area contributed by atoms with Crippen LogP contribution in [0.5, 0.6) is 0 Å². The molecule has 2 unspecified atom stereocenters. The van der Waals surface area contributed by atoms with Crippen LogP contribution in [0.3, 0.4) is 0 Å². The number of nitrogens with zero attached hydrogens (tertiary/aromatic N) is 1. The fourth-order valence-electron chi connectivity index (χ4n) is 1.51. The largest absolute Gasteiger partial charge is 0.409 e. The standard InChI is InChI=1S/C11H21N3O2/c1-6(2)7(3)11(15)13-9(8-4-5-8)10(12)14-16/h6-9,16H,4-5H2,1-3H3,(H2,12,14)(H,13,15). The minimum atomic E-state index is -0.307. The van der Waals surface area contributed by atoms with Crippen molar-refractivity contribution in [1.82, 2.24) is 5.32 Å². The van der Waals surface area contributed by atoms with Gasteiger partial charge in [0.15, 0.2) is 5.84 Å². The van der Waals surface area contributed by atoms with Gasteiger partial charge in [0, 0.05) is 5.92 Å². The van der Waals surface area contributed by atoms with Crippen molar-refractivity contribution in [3.05, 3.63) is 0 Å². The maximum atomic E-state index is 11.8. The van der Waals surface area contributed by atoms with E-state index in [0.717, 1.165) is 12.8 Å². The van der Waals surface area contributed by atoms with E-state index in [-0.39, 0.29) is 29.6 Å². The number of amidine groups is 1. The monoisotopic (exact) mass is 227 g/mol. The van der Waals surface area contributed by atoms with Crippen LogP contribution < -0.4 is 11.1 Å². The first-order valence-corrected chi connectivity index (χ1v) is 5.75. The van der Waals surface area contributed by atoms with Crippen molar-refractivity contribution < 1.29 is 10.0 Å². The third kappa shape index (κ3) is 3.12. The van der Waals surface area contributed by atoms with Crippen LogP contribution in [0.2, 0.25) is 0 Å². The molecule has 0 aromatic carbocycles. The number of hydrogen-bond acceptors (Lipinski definition) is 3. The van der Waals surface area contributed by atoms with Crippen LogP contribution in [0, 0.1) is 17.8 Å². The van der Waals surface area contributed by atoms with E-state index in [9.17, 15) is 4.79 Å². The first kappa shape index (κ1) is 12.8. The number of nitrogens with one attached hydrogen (secondary N) is 1. The summed E-state index contributed by atoms with van der Waals surface area (Å²) < 4.78 is 0. The van der Waals surface area contributed by atoms with Crippen LogP contribution in [0.1, 0.15) is 33.6 Å². The second-order valence-corrected chi connectivity index (χ2v) is 4.88. The molecule has 0 aromatic heterocycles. The number of carbonyl (C=O) groups is 1. The van der Waals surface area contributed by atoms with Crippen molar-refractivity contribution in [3.8, 4) is 0 Å². The van der Waals surface area contributed by atoms with Gasteiger partial charge in [-0.3, -0.25) is 4.79 Å². The average molecular weight is 227 g/mol. The summed E-state index contributed by atoms with van der Waals surface area (Å²) in [4.78, 5) is 11.8. The highest BCUT2D eigenvalue weighted by atomic mass is 16.4. The molecule has 5 nitrogen and oxygen atoms in total. The molecule has 92 valence electrons. The second-order valence-electron chi connectivity index (χ2n) is 4.88. The van der Waals surface area contributed by atoms with E-state index in [1.165, 1.54) is 0 Å². The first-order valence-electron chi connectivity index (χ1n) is 5.75. The zero-order valence-electron chi connectivity index (χ0n) is 10.1. The average Bonchev–Trinajstić information content (AvgIpc) is 3.06. The molecule has 0 spiro atoms. The Morgan fingerprint density at radius 3 is 2.38 bits per heavy atom. The molecule has 1 rings (SSSR count). The van der Waals surface area contributed by atoms with Crippen LogP contribution in [-0.4, -0.2) is 23.0 Å². The van der Waals surface area contributed by atoms with Gasteiger partial charge in [0.1, 0.15) is 0 Å². The van der Waals surface area contributed by atoms with Gasteiger partial charge in [0.25, 0.3) is 0 Å². The Balaban J connectivity index is 2.58. The zero-order chi connectivity index (χ0) is 12.3. The maximum absolute atomic E-state index is 11.8. The Hall–Kier alpha value is -1.26. The fraction of sp³-hybridized carbons (Fsp3) is 0.818. The molecule has 0 radical (unpaired) electrons. The molecule has 0 aromatic rings. The molecule has 0 aliphatic heterocycles. The number of nitrogens with two attached hydrogens (primary N) is 1. The number of oxime groups is 1. The van der Waals surface area contributed by atoms with Gasteiger partial charge in [0.05, 0.1) is 6.04 Å². The van der Waals surface area contributed by atoms with Gasteiger partial charge in [-0.15, -0.1) is 0 Å². The summed E-state index contributed by atoms with van der Waals surface area (Å²) in [6.45, 7) is 5.88. The lowest BCUT2D eigenvalue weighted by Crippen LogP contribution is -2.48. The van der Waals surface area contributed by atoms with E-state index in [1.807, 2.05) is 20.8 Å². The number of carbonyl (C=O) groups excluding carboxylic acids is 1. The molecule has 5 heteroatoms. The predicted molar refractivity (Wildman–Crippen MR) is 62.1 cm³/mol. The van der Waals surface area contributed by atoms with Gasteiger partial charge in [-0.25, -0.2) is 0 Å². The summed E-state index contributed by atoms with van der Waals surface area (Å²) in [5, 5.41) is 14.5. The van der Waals surface area contributed by atoms with Crippen LogP contribution in [0.25, 0.3) is 0 Å². The topological polar surface area (TPSA) is 87.7 Å². The fourth-order valence-corrected chi connectivity index (χ4v) is 1.51. The zero-order valence-corrected chi connectivity index (χ0v) is 10.1. The summed E-state index contributed by atoms with van der Waals surface area (Å²) in [6, 6.07) is -0.307. The summed E-state index contributed by atoms with van der Waals surface area (Å²) in [7, 11) is 0. The minimum absolute atomic E-state index is 0.0292. The van der Waals surface area contributed by atoms with Crippen molar-refractivity contribution in [2.75, 3.05) is 0 Å². The summed E-state index contributed by atoms with van der Waals surface area (Å²) >= 11 is 0. The van der Waals surface area contributed by atoms with Gasteiger partial charge in [0.2, 0.25) is 5.91 Å². The van der Waals surface area contributed by atoms with E-state index >= 15 is 0 Å². The van der Waals surface area contributed by atoms with Crippen molar-refractivity contribution in [1.29, 1.82) is 0 Å². The van der Waals surface area contributed by atoms with E-state index in [0.29, 0.717) is 5.92 Å². The van der Waals surface area contributed by atoms with Crippen LogP contribution >= 0.6 is 0 Å². The highest BCUT2D eigenvalue weighted by Gasteiger charge is 2.36. The van der Waals surface area contributed by atoms with E-state index < -0.39 is 0 Å². The number of rotatable bonds is 5. The number of amides is 1. The Kier molecular flexibility index (Phi) is 4.15.